The second-order valence-corrected chi connectivity index (χ2v) is 5.98. The van der Waals surface area contributed by atoms with Gasteiger partial charge in [0.2, 0.25) is 0 Å². The van der Waals surface area contributed by atoms with Crippen molar-refractivity contribution in [3.63, 3.8) is 0 Å². The van der Waals surface area contributed by atoms with Crippen LogP contribution >= 0.6 is 23.4 Å². The predicted octanol–water partition coefficient (Wildman–Crippen LogP) is 4.05. The summed E-state index contributed by atoms with van der Waals surface area (Å²) in [5.41, 5.74) is 2.17. The average Bonchev–Trinajstić information content (AvgIpc) is 2.46. The SMILES string of the molecule is CCc1cc(N(C)C)nc(SCc2ccccc2Cl)n1. The number of aryl methyl sites for hydroxylation is 1. The number of anilines is 1. The van der Waals surface area contributed by atoms with E-state index in [0.29, 0.717) is 0 Å². The highest BCUT2D eigenvalue weighted by Crippen LogP contribution is 2.25. The molecule has 0 radical (unpaired) electrons. The van der Waals surface area contributed by atoms with Crippen molar-refractivity contribution in [2.75, 3.05) is 19.0 Å². The molecule has 0 saturated carbocycles. The van der Waals surface area contributed by atoms with Crippen LogP contribution in [0.3, 0.4) is 0 Å². The minimum Gasteiger partial charge on any atom is -0.363 e. The summed E-state index contributed by atoms with van der Waals surface area (Å²) < 4.78 is 0. The van der Waals surface area contributed by atoms with Gasteiger partial charge >= 0.3 is 0 Å². The number of thioether (sulfide) groups is 1. The van der Waals surface area contributed by atoms with Gasteiger partial charge in [0.05, 0.1) is 0 Å². The van der Waals surface area contributed by atoms with Gasteiger partial charge < -0.3 is 4.90 Å². The fraction of sp³-hybridized carbons (Fsp3) is 0.333. The molecule has 0 atom stereocenters. The lowest BCUT2D eigenvalue weighted by Crippen LogP contribution is -2.12. The second kappa shape index (κ2) is 6.95. The van der Waals surface area contributed by atoms with Gasteiger partial charge in [0.15, 0.2) is 5.16 Å². The molecular formula is C15H18ClN3S. The number of nitrogens with zero attached hydrogens (tertiary/aromatic N) is 3. The second-order valence-electron chi connectivity index (χ2n) is 4.63. The van der Waals surface area contributed by atoms with E-state index in [4.69, 9.17) is 11.6 Å². The smallest absolute Gasteiger partial charge is 0.190 e. The van der Waals surface area contributed by atoms with Gasteiger partial charge in [-0.3, -0.25) is 0 Å². The standard InChI is InChI=1S/C15H18ClN3S/c1-4-12-9-14(19(2)3)18-15(17-12)20-10-11-7-5-6-8-13(11)16/h5-9H,4,10H2,1-3H3. The van der Waals surface area contributed by atoms with Crippen molar-refractivity contribution < 1.29 is 0 Å². The normalized spacial score (nSPS) is 10.6. The minimum absolute atomic E-state index is 0.777. The summed E-state index contributed by atoms with van der Waals surface area (Å²) in [6, 6.07) is 9.91. The zero-order valence-corrected chi connectivity index (χ0v) is 13.5. The summed E-state index contributed by atoms with van der Waals surface area (Å²) in [5.74, 6) is 1.72. The van der Waals surface area contributed by atoms with E-state index in [0.717, 1.165) is 39.4 Å². The van der Waals surface area contributed by atoms with Crippen molar-refractivity contribution in [3.8, 4) is 0 Å². The molecule has 0 aliphatic carbocycles. The van der Waals surface area contributed by atoms with Crippen LogP contribution in [0.5, 0.6) is 0 Å². The van der Waals surface area contributed by atoms with Crippen LogP contribution in [0.2, 0.25) is 5.02 Å². The van der Waals surface area contributed by atoms with Gasteiger partial charge in [-0.2, -0.15) is 0 Å². The van der Waals surface area contributed by atoms with Crippen LogP contribution in [0.25, 0.3) is 0 Å². The Kier molecular flexibility index (Phi) is 5.26. The fourth-order valence-corrected chi connectivity index (χ4v) is 2.85. The summed E-state index contributed by atoms with van der Waals surface area (Å²) >= 11 is 7.78. The fourth-order valence-electron chi connectivity index (χ4n) is 1.69. The molecule has 1 heterocycles. The maximum absolute atomic E-state index is 6.17. The third-order valence-corrected chi connectivity index (χ3v) is 4.15. The molecule has 2 rings (SSSR count). The van der Waals surface area contributed by atoms with Gasteiger partial charge in [-0.05, 0) is 18.1 Å². The van der Waals surface area contributed by atoms with E-state index >= 15 is 0 Å². The van der Waals surface area contributed by atoms with E-state index in [1.807, 2.05) is 49.3 Å². The van der Waals surface area contributed by atoms with Crippen LogP contribution < -0.4 is 4.90 Å². The molecule has 1 aromatic carbocycles. The molecule has 0 unspecified atom stereocenters. The van der Waals surface area contributed by atoms with E-state index in [1.165, 1.54) is 0 Å². The molecule has 20 heavy (non-hydrogen) atoms. The highest BCUT2D eigenvalue weighted by atomic mass is 35.5. The molecular weight excluding hydrogens is 290 g/mol. The minimum atomic E-state index is 0.777. The summed E-state index contributed by atoms with van der Waals surface area (Å²) in [5, 5.41) is 1.59. The number of aromatic nitrogens is 2. The van der Waals surface area contributed by atoms with Crippen molar-refractivity contribution in [1.29, 1.82) is 0 Å². The first-order valence-corrected chi connectivity index (χ1v) is 7.88. The monoisotopic (exact) mass is 307 g/mol. The summed E-state index contributed by atoms with van der Waals surface area (Å²) in [4.78, 5) is 11.1. The van der Waals surface area contributed by atoms with Crippen LogP contribution in [-0.4, -0.2) is 24.1 Å². The molecule has 0 aliphatic heterocycles. The highest BCUT2D eigenvalue weighted by molar-refractivity contribution is 7.98. The Morgan fingerprint density at radius 1 is 1.20 bits per heavy atom. The molecule has 0 amide bonds. The van der Waals surface area contributed by atoms with Gasteiger partial charge in [0.25, 0.3) is 0 Å². The van der Waals surface area contributed by atoms with Crippen LogP contribution in [0.15, 0.2) is 35.5 Å². The van der Waals surface area contributed by atoms with E-state index in [9.17, 15) is 0 Å². The molecule has 0 saturated heterocycles. The molecule has 2 aromatic rings. The molecule has 0 spiro atoms. The van der Waals surface area contributed by atoms with Gasteiger partial charge in [0.1, 0.15) is 5.82 Å². The van der Waals surface area contributed by atoms with Crippen molar-refractivity contribution in [3.05, 3.63) is 46.6 Å². The first-order chi connectivity index (χ1) is 9.60. The lowest BCUT2D eigenvalue weighted by molar-refractivity contribution is 0.870. The third kappa shape index (κ3) is 3.87. The molecule has 5 heteroatoms. The summed E-state index contributed by atoms with van der Waals surface area (Å²) in [6.45, 7) is 2.10. The van der Waals surface area contributed by atoms with E-state index in [2.05, 4.69) is 16.9 Å². The predicted molar refractivity (Wildman–Crippen MR) is 86.8 cm³/mol. The Morgan fingerprint density at radius 2 is 1.95 bits per heavy atom. The zero-order chi connectivity index (χ0) is 14.5. The van der Waals surface area contributed by atoms with Crippen LogP contribution in [-0.2, 0) is 12.2 Å². The number of hydrogen-bond donors (Lipinski definition) is 0. The number of hydrogen-bond acceptors (Lipinski definition) is 4. The number of benzene rings is 1. The molecule has 0 N–H and O–H groups in total. The molecule has 0 aliphatic rings. The summed E-state index contributed by atoms with van der Waals surface area (Å²) in [7, 11) is 3.98. The van der Waals surface area contributed by atoms with Gasteiger partial charge in [-0.1, -0.05) is 48.5 Å². The topological polar surface area (TPSA) is 29.0 Å². The molecule has 0 bridgehead atoms. The van der Waals surface area contributed by atoms with Crippen LogP contribution in [0, 0.1) is 0 Å². The number of halogens is 1. The maximum atomic E-state index is 6.17. The van der Waals surface area contributed by atoms with E-state index < -0.39 is 0 Å². The Hall–Kier alpha value is -1.26. The largest absolute Gasteiger partial charge is 0.363 e. The van der Waals surface area contributed by atoms with E-state index in [-0.39, 0.29) is 0 Å². The Balaban J connectivity index is 2.17. The highest BCUT2D eigenvalue weighted by Gasteiger charge is 2.07. The van der Waals surface area contributed by atoms with Crippen molar-refractivity contribution >= 4 is 29.2 Å². The van der Waals surface area contributed by atoms with E-state index in [1.54, 1.807) is 11.8 Å². The lowest BCUT2D eigenvalue weighted by Gasteiger charge is -2.13. The zero-order valence-electron chi connectivity index (χ0n) is 11.9. The van der Waals surface area contributed by atoms with Crippen LogP contribution in [0.1, 0.15) is 18.2 Å². The molecule has 0 fully saturated rings. The number of rotatable bonds is 5. The first-order valence-electron chi connectivity index (χ1n) is 6.51. The average molecular weight is 308 g/mol. The van der Waals surface area contributed by atoms with Crippen molar-refractivity contribution in [2.45, 2.75) is 24.3 Å². The molecule has 106 valence electrons. The Bertz CT molecular complexity index is 587. The molecule has 3 nitrogen and oxygen atoms in total. The first kappa shape index (κ1) is 15.1. The third-order valence-electron chi connectivity index (χ3n) is 2.88. The maximum Gasteiger partial charge on any atom is 0.190 e. The lowest BCUT2D eigenvalue weighted by atomic mass is 10.2. The molecule has 1 aromatic heterocycles. The quantitative estimate of drug-likeness (QED) is 0.615. The van der Waals surface area contributed by atoms with Crippen molar-refractivity contribution in [1.82, 2.24) is 9.97 Å². The summed E-state index contributed by atoms with van der Waals surface area (Å²) in [6.07, 6.45) is 0.906. The van der Waals surface area contributed by atoms with Gasteiger partial charge in [0, 0.05) is 36.6 Å². The van der Waals surface area contributed by atoms with Crippen molar-refractivity contribution in [2.24, 2.45) is 0 Å². The van der Waals surface area contributed by atoms with Gasteiger partial charge in [-0.15, -0.1) is 0 Å². The van der Waals surface area contributed by atoms with Crippen LogP contribution in [0.4, 0.5) is 5.82 Å². The van der Waals surface area contributed by atoms with Gasteiger partial charge in [-0.25, -0.2) is 9.97 Å². The Labute approximate surface area is 129 Å². The Morgan fingerprint density at radius 3 is 2.60 bits per heavy atom.